The van der Waals surface area contributed by atoms with Crippen LogP contribution < -0.4 is 10.2 Å². The second-order valence-corrected chi connectivity index (χ2v) is 4.74. The number of hydrogen-bond donors (Lipinski definition) is 1. The first kappa shape index (κ1) is 14.2. The van der Waals surface area contributed by atoms with E-state index in [4.69, 9.17) is 0 Å². The Bertz CT molecular complexity index is 578. The molecule has 0 amide bonds. The summed E-state index contributed by atoms with van der Waals surface area (Å²) in [5.74, 6) is 1.37. The number of hydrogen-bond acceptors (Lipinski definition) is 5. The molecule has 0 unspecified atom stereocenters. The first-order valence-electron chi connectivity index (χ1n) is 6.93. The first-order chi connectivity index (χ1) is 9.63. The van der Waals surface area contributed by atoms with Gasteiger partial charge < -0.3 is 10.2 Å². The molecule has 0 saturated heterocycles. The van der Waals surface area contributed by atoms with Crippen LogP contribution in [-0.2, 0) is 0 Å². The number of rotatable bonds is 5. The summed E-state index contributed by atoms with van der Waals surface area (Å²) >= 11 is 0. The third kappa shape index (κ3) is 3.23. The van der Waals surface area contributed by atoms with Crippen LogP contribution in [0.3, 0.4) is 0 Å². The molecule has 1 aromatic heterocycles. The van der Waals surface area contributed by atoms with Crippen LogP contribution in [0.4, 0.5) is 17.5 Å². The summed E-state index contributed by atoms with van der Waals surface area (Å²) in [6, 6.07) is 6.24. The monoisotopic (exact) mass is 271 g/mol. The van der Waals surface area contributed by atoms with Gasteiger partial charge in [0.25, 0.3) is 0 Å². The molecule has 0 aliphatic rings. The Labute approximate surface area is 120 Å². The van der Waals surface area contributed by atoms with Crippen molar-refractivity contribution in [3.05, 3.63) is 35.5 Å². The highest BCUT2D eigenvalue weighted by atomic mass is 15.3. The fourth-order valence-corrected chi connectivity index (χ4v) is 1.96. The third-order valence-electron chi connectivity index (χ3n) is 3.37. The molecule has 1 heterocycles. The van der Waals surface area contributed by atoms with E-state index in [2.05, 4.69) is 65.2 Å². The van der Waals surface area contributed by atoms with E-state index < -0.39 is 0 Å². The fraction of sp³-hybridized carbons (Fsp3) is 0.400. The minimum absolute atomic E-state index is 0.656. The van der Waals surface area contributed by atoms with Gasteiger partial charge >= 0.3 is 0 Å². The molecule has 0 aliphatic heterocycles. The van der Waals surface area contributed by atoms with Crippen LogP contribution in [0.15, 0.2) is 24.4 Å². The maximum Gasteiger partial charge on any atom is 0.247 e. The molecule has 0 spiro atoms. The van der Waals surface area contributed by atoms with Gasteiger partial charge in [0.15, 0.2) is 5.82 Å². The van der Waals surface area contributed by atoms with Gasteiger partial charge in [-0.15, -0.1) is 5.10 Å². The van der Waals surface area contributed by atoms with Crippen molar-refractivity contribution in [2.24, 2.45) is 0 Å². The average Bonchev–Trinajstić information content (AvgIpc) is 2.45. The zero-order valence-electron chi connectivity index (χ0n) is 12.5. The van der Waals surface area contributed by atoms with Crippen molar-refractivity contribution in [3.63, 3.8) is 0 Å². The normalized spacial score (nSPS) is 10.4. The van der Waals surface area contributed by atoms with Crippen molar-refractivity contribution >= 4 is 17.5 Å². The predicted octanol–water partition coefficient (Wildman–Crippen LogP) is 3.08. The van der Waals surface area contributed by atoms with E-state index in [9.17, 15) is 0 Å². The molecule has 2 rings (SSSR count). The van der Waals surface area contributed by atoms with E-state index >= 15 is 0 Å². The smallest absolute Gasteiger partial charge is 0.247 e. The van der Waals surface area contributed by atoms with Crippen molar-refractivity contribution in [1.82, 2.24) is 15.2 Å². The van der Waals surface area contributed by atoms with Crippen molar-refractivity contribution in [3.8, 4) is 0 Å². The summed E-state index contributed by atoms with van der Waals surface area (Å²) in [6.45, 7) is 10.1. The summed E-state index contributed by atoms with van der Waals surface area (Å²) < 4.78 is 0. The maximum atomic E-state index is 4.50. The van der Waals surface area contributed by atoms with Crippen molar-refractivity contribution in [1.29, 1.82) is 0 Å². The molecule has 106 valence electrons. The topological polar surface area (TPSA) is 53.9 Å². The lowest BCUT2D eigenvalue weighted by Crippen LogP contribution is -2.24. The quantitative estimate of drug-likeness (QED) is 0.905. The molecule has 20 heavy (non-hydrogen) atoms. The van der Waals surface area contributed by atoms with Gasteiger partial charge in [-0.1, -0.05) is 6.07 Å². The summed E-state index contributed by atoms with van der Waals surface area (Å²) in [7, 11) is 0. The van der Waals surface area contributed by atoms with Gasteiger partial charge in [-0.25, -0.2) is 0 Å². The highest BCUT2D eigenvalue weighted by Crippen LogP contribution is 2.18. The van der Waals surface area contributed by atoms with Gasteiger partial charge in [0.05, 0.1) is 6.20 Å². The van der Waals surface area contributed by atoms with Gasteiger partial charge in [-0.3, -0.25) is 0 Å². The molecule has 0 aliphatic carbocycles. The van der Waals surface area contributed by atoms with E-state index in [1.807, 2.05) is 6.07 Å². The Balaban J connectivity index is 2.21. The standard InChI is InChI=1S/C15H21N5/c1-5-20(6-2)15-18-14(10-16-19-15)17-13-8-7-11(3)12(4)9-13/h7-10H,5-6H2,1-4H3,(H,17,18,19). The molecule has 2 aromatic rings. The molecule has 0 saturated carbocycles. The van der Waals surface area contributed by atoms with Crippen LogP contribution in [0, 0.1) is 13.8 Å². The number of aromatic nitrogens is 3. The van der Waals surface area contributed by atoms with Crippen LogP contribution in [0.5, 0.6) is 0 Å². The molecule has 0 radical (unpaired) electrons. The SMILES string of the molecule is CCN(CC)c1nncc(Nc2ccc(C)c(C)c2)n1. The predicted molar refractivity (Wildman–Crippen MR) is 82.6 cm³/mol. The Kier molecular flexibility index (Phi) is 4.50. The lowest BCUT2D eigenvalue weighted by Gasteiger charge is -2.18. The Morgan fingerprint density at radius 2 is 1.85 bits per heavy atom. The molecular formula is C15H21N5. The van der Waals surface area contributed by atoms with Crippen LogP contribution in [0.2, 0.25) is 0 Å². The molecule has 0 bridgehead atoms. The van der Waals surface area contributed by atoms with E-state index in [1.54, 1.807) is 6.20 Å². The van der Waals surface area contributed by atoms with Crippen LogP contribution in [0.25, 0.3) is 0 Å². The Morgan fingerprint density at radius 3 is 2.50 bits per heavy atom. The second-order valence-electron chi connectivity index (χ2n) is 4.74. The molecule has 5 nitrogen and oxygen atoms in total. The minimum atomic E-state index is 0.656. The van der Waals surface area contributed by atoms with E-state index in [0.717, 1.165) is 18.8 Å². The number of anilines is 3. The molecule has 5 heteroatoms. The maximum absolute atomic E-state index is 4.50. The summed E-state index contributed by atoms with van der Waals surface area (Å²) in [6.07, 6.45) is 1.64. The summed E-state index contributed by atoms with van der Waals surface area (Å²) in [5, 5.41) is 11.4. The average molecular weight is 271 g/mol. The second kappa shape index (κ2) is 6.32. The van der Waals surface area contributed by atoms with Gasteiger partial charge in [0.2, 0.25) is 5.95 Å². The van der Waals surface area contributed by atoms with Gasteiger partial charge in [0.1, 0.15) is 0 Å². The highest BCUT2D eigenvalue weighted by molar-refractivity contribution is 5.58. The van der Waals surface area contributed by atoms with Crippen LogP contribution in [0.1, 0.15) is 25.0 Å². The zero-order valence-corrected chi connectivity index (χ0v) is 12.5. The fourth-order valence-electron chi connectivity index (χ4n) is 1.96. The molecule has 0 fully saturated rings. The van der Waals surface area contributed by atoms with Gasteiger partial charge in [-0.05, 0) is 51.0 Å². The number of aryl methyl sites for hydroxylation is 2. The van der Waals surface area contributed by atoms with Crippen LogP contribution in [-0.4, -0.2) is 28.3 Å². The molecular weight excluding hydrogens is 250 g/mol. The van der Waals surface area contributed by atoms with E-state index in [0.29, 0.717) is 11.8 Å². The lowest BCUT2D eigenvalue weighted by atomic mass is 10.1. The van der Waals surface area contributed by atoms with E-state index in [1.165, 1.54) is 11.1 Å². The van der Waals surface area contributed by atoms with Crippen molar-refractivity contribution in [2.45, 2.75) is 27.7 Å². The summed E-state index contributed by atoms with van der Waals surface area (Å²) in [5.41, 5.74) is 3.54. The summed E-state index contributed by atoms with van der Waals surface area (Å²) in [4.78, 5) is 6.57. The van der Waals surface area contributed by atoms with Crippen LogP contribution >= 0.6 is 0 Å². The Hall–Kier alpha value is -2.17. The Morgan fingerprint density at radius 1 is 1.10 bits per heavy atom. The van der Waals surface area contributed by atoms with Gasteiger partial charge in [0, 0.05) is 18.8 Å². The van der Waals surface area contributed by atoms with E-state index in [-0.39, 0.29) is 0 Å². The minimum Gasteiger partial charge on any atom is -0.340 e. The molecule has 1 N–H and O–H groups in total. The number of nitrogens with one attached hydrogen (secondary N) is 1. The molecule has 1 aromatic carbocycles. The molecule has 0 atom stereocenters. The highest BCUT2D eigenvalue weighted by Gasteiger charge is 2.07. The zero-order chi connectivity index (χ0) is 14.5. The largest absolute Gasteiger partial charge is 0.340 e. The van der Waals surface area contributed by atoms with Crippen molar-refractivity contribution in [2.75, 3.05) is 23.3 Å². The van der Waals surface area contributed by atoms with Gasteiger partial charge in [-0.2, -0.15) is 10.1 Å². The number of benzene rings is 1. The first-order valence-corrected chi connectivity index (χ1v) is 6.93. The van der Waals surface area contributed by atoms with Crippen molar-refractivity contribution < 1.29 is 0 Å². The third-order valence-corrected chi connectivity index (χ3v) is 3.37. The lowest BCUT2D eigenvalue weighted by molar-refractivity contribution is 0.796. The number of nitrogens with zero attached hydrogens (tertiary/aromatic N) is 4.